The Labute approximate surface area is 150 Å². The zero-order valence-corrected chi connectivity index (χ0v) is 14.7. The number of hydrogen-bond acceptors (Lipinski definition) is 3. The van der Waals surface area contributed by atoms with Gasteiger partial charge in [0.15, 0.2) is 0 Å². The quantitative estimate of drug-likeness (QED) is 0.591. The minimum Gasteiger partial charge on any atom is -0.367 e. The first-order valence-electron chi connectivity index (χ1n) is 8.26. The van der Waals surface area contributed by atoms with Crippen LogP contribution < -0.4 is 5.32 Å². The maximum absolute atomic E-state index is 6.26. The Balaban J connectivity index is 1.70. The molecule has 3 heterocycles. The van der Waals surface area contributed by atoms with Gasteiger partial charge in [0.25, 0.3) is 0 Å². The van der Waals surface area contributed by atoms with Crippen molar-refractivity contribution in [2.24, 2.45) is 0 Å². The van der Waals surface area contributed by atoms with E-state index >= 15 is 0 Å². The number of nitrogens with one attached hydrogen (secondary N) is 2. The smallest absolute Gasteiger partial charge is 0.137 e. The molecule has 6 heteroatoms. The fraction of sp³-hybridized carbons (Fsp3) is 0.333. The monoisotopic (exact) mass is 360 g/mol. The first-order chi connectivity index (χ1) is 11.7. The van der Waals surface area contributed by atoms with Crippen molar-refractivity contribution in [1.29, 1.82) is 0 Å². The van der Waals surface area contributed by atoms with Gasteiger partial charge < -0.3 is 10.3 Å². The van der Waals surface area contributed by atoms with Crippen LogP contribution in [0.3, 0.4) is 0 Å². The van der Waals surface area contributed by atoms with E-state index in [4.69, 9.17) is 23.2 Å². The van der Waals surface area contributed by atoms with Crippen molar-refractivity contribution in [2.75, 3.05) is 5.32 Å². The van der Waals surface area contributed by atoms with E-state index in [0.29, 0.717) is 16.2 Å². The molecule has 1 aliphatic carbocycles. The lowest BCUT2D eigenvalue weighted by molar-refractivity contribution is 0.462. The summed E-state index contributed by atoms with van der Waals surface area (Å²) in [6.45, 7) is 0. The third-order valence-corrected chi connectivity index (χ3v) is 4.96. The predicted octanol–water partition coefficient (Wildman–Crippen LogP) is 5.68. The van der Waals surface area contributed by atoms with Gasteiger partial charge in [0.1, 0.15) is 16.6 Å². The third kappa shape index (κ3) is 3.21. The Morgan fingerprint density at radius 3 is 2.75 bits per heavy atom. The lowest BCUT2D eigenvalue weighted by atomic mass is 9.95. The number of halogens is 2. The standard InChI is InChI=1S/C18H18Cl2N4/c19-12-8-14-15(10-22-18(14)21-9-12)11-6-16(20)24-17(7-11)23-13-4-2-1-3-5-13/h6-10,13H,1-5H2,(H,21,22)(H,23,24). The number of nitrogens with zero attached hydrogens (tertiary/aromatic N) is 2. The van der Waals surface area contributed by atoms with Gasteiger partial charge in [-0.15, -0.1) is 0 Å². The number of pyridine rings is 2. The van der Waals surface area contributed by atoms with Crippen LogP contribution in [0.25, 0.3) is 22.2 Å². The molecule has 0 amide bonds. The molecule has 0 aliphatic heterocycles. The summed E-state index contributed by atoms with van der Waals surface area (Å²) in [5.41, 5.74) is 2.84. The first kappa shape index (κ1) is 15.7. The minimum atomic E-state index is 0.482. The molecule has 1 fully saturated rings. The largest absolute Gasteiger partial charge is 0.367 e. The fourth-order valence-corrected chi connectivity index (χ4v) is 3.77. The van der Waals surface area contributed by atoms with E-state index in [1.807, 2.05) is 24.4 Å². The third-order valence-electron chi connectivity index (χ3n) is 4.56. The summed E-state index contributed by atoms with van der Waals surface area (Å²) in [7, 11) is 0. The number of rotatable bonds is 3. The second-order valence-electron chi connectivity index (χ2n) is 6.30. The van der Waals surface area contributed by atoms with Crippen LogP contribution in [0.5, 0.6) is 0 Å². The van der Waals surface area contributed by atoms with Crippen LogP contribution in [-0.4, -0.2) is 21.0 Å². The maximum Gasteiger partial charge on any atom is 0.137 e. The van der Waals surface area contributed by atoms with Gasteiger partial charge in [0.2, 0.25) is 0 Å². The molecule has 0 aromatic carbocycles. The number of hydrogen-bond donors (Lipinski definition) is 2. The molecule has 3 aromatic rings. The van der Waals surface area contributed by atoms with Crippen molar-refractivity contribution in [2.45, 2.75) is 38.1 Å². The lowest BCUT2D eigenvalue weighted by Crippen LogP contribution is -2.22. The van der Waals surface area contributed by atoms with Crippen LogP contribution in [0.1, 0.15) is 32.1 Å². The van der Waals surface area contributed by atoms with Gasteiger partial charge in [-0.3, -0.25) is 0 Å². The Hall–Kier alpha value is -1.78. The normalized spacial score (nSPS) is 15.8. The maximum atomic E-state index is 6.26. The SMILES string of the molecule is Clc1cnc2[nH]cc(-c3cc(Cl)nc(NC4CCCCC4)c3)c2c1. The first-order valence-corrected chi connectivity index (χ1v) is 9.02. The number of fused-ring (bicyclic) bond motifs is 1. The minimum absolute atomic E-state index is 0.482. The summed E-state index contributed by atoms with van der Waals surface area (Å²) >= 11 is 12.4. The Bertz CT molecular complexity index is 869. The van der Waals surface area contributed by atoms with Crippen LogP contribution in [0.15, 0.2) is 30.6 Å². The molecule has 4 rings (SSSR count). The molecule has 0 atom stereocenters. The van der Waals surface area contributed by atoms with E-state index in [1.54, 1.807) is 6.20 Å². The molecule has 1 saturated carbocycles. The van der Waals surface area contributed by atoms with E-state index in [0.717, 1.165) is 28.0 Å². The van der Waals surface area contributed by atoms with Gasteiger partial charge in [0, 0.05) is 29.4 Å². The van der Waals surface area contributed by atoms with Gasteiger partial charge in [-0.1, -0.05) is 42.5 Å². The van der Waals surface area contributed by atoms with Crippen molar-refractivity contribution in [1.82, 2.24) is 15.0 Å². The van der Waals surface area contributed by atoms with Crippen molar-refractivity contribution >= 4 is 40.1 Å². The second-order valence-corrected chi connectivity index (χ2v) is 7.12. The summed E-state index contributed by atoms with van der Waals surface area (Å²) in [5.74, 6) is 0.828. The zero-order chi connectivity index (χ0) is 16.5. The van der Waals surface area contributed by atoms with Crippen LogP contribution in [0, 0.1) is 0 Å². The summed E-state index contributed by atoms with van der Waals surface area (Å²) in [6.07, 6.45) is 9.83. The highest BCUT2D eigenvalue weighted by atomic mass is 35.5. The van der Waals surface area contributed by atoms with Crippen molar-refractivity contribution in [3.63, 3.8) is 0 Å². The molecule has 0 unspecified atom stereocenters. The van der Waals surface area contributed by atoms with Crippen LogP contribution in [0.2, 0.25) is 10.2 Å². The summed E-state index contributed by atoms with van der Waals surface area (Å²) in [5, 5.41) is 5.61. The van der Waals surface area contributed by atoms with Crippen LogP contribution >= 0.6 is 23.2 Å². The van der Waals surface area contributed by atoms with Gasteiger partial charge in [-0.25, -0.2) is 9.97 Å². The molecule has 3 aromatic heterocycles. The van der Waals surface area contributed by atoms with Crippen molar-refractivity contribution in [3.8, 4) is 11.1 Å². The predicted molar refractivity (Wildman–Crippen MR) is 99.8 cm³/mol. The molecular weight excluding hydrogens is 343 g/mol. The fourth-order valence-electron chi connectivity index (χ4n) is 3.40. The Morgan fingerprint density at radius 1 is 1.08 bits per heavy atom. The second kappa shape index (κ2) is 6.61. The highest BCUT2D eigenvalue weighted by molar-refractivity contribution is 6.31. The molecule has 124 valence electrons. The molecule has 2 N–H and O–H groups in total. The van der Waals surface area contributed by atoms with E-state index in [-0.39, 0.29) is 0 Å². The van der Waals surface area contributed by atoms with Gasteiger partial charge in [-0.2, -0.15) is 0 Å². The molecule has 1 aliphatic rings. The average Bonchev–Trinajstić information content (AvgIpc) is 2.98. The lowest BCUT2D eigenvalue weighted by Gasteiger charge is -2.23. The number of aromatic nitrogens is 3. The highest BCUT2D eigenvalue weighted by Crippen LogP contribution is 2.32. The number of anilines is 1. The molecule has 0 spiro atoms. The number of H-pyrrole nitrogens is 1. The summed E-state index contributed by atoms with van der Waals surface area (Å²) in [6, 6.07) is 6.32. The molecule has 0 bridgehead atoms. The van der Waals surface area contributed by atoms with Crippen LogP contribution in [-0.2, 0) is 0 Å². The Morgan fingerprint density at radius 2 is 1.92 bits per heavy atom. The molecule has 0 saturated heterocycles. The molecule has 4 nitrogen and oxygen atoms in total. The highest BCUT2D eigenvalue weighted by Gasteiger charge is 2.15. The summed E-state index contributed by atoms with van der Waals surface area (Å²) in [4.78, 5) is 11.9. The molecule has 24 heavy (non-hydrogen) atoms. The average molecular weight is 361 g/mol. The van der Waals surface area contributed by atoms with Gasteiger partial charge in [-0.05, 0) is 36.6 Å². The van der Waals surface area contributed by atoms with E-state index in [1.165, 1.54) is 32.1 Å². The molecular formula is C18H18Cl2N4. The van der Waals surface area contributed by atoms with Crippen molar-refractivity contribution < 1.29 is 0 Å². The molecule has 0 radical (unpaired) electrons. The van der Waals surface area contributed by atoms with Crippen molar-refractivity contribution in [3.05, 3.63) is 40.8 Å². The zero-order valence-electron chi connectivity index (χ0n) is 13.1. The van der Waals surface area contributed by atoms with Gasteiger partial charge in [0.05, 0.1) is 5.02 Å². The van der Waals surface area contributed by atoms with E-state index < -0.39 is 0 Å². The Kier molecular flexibility index (Phi) is 4.33. The van der Waals surface area contributed by atoms with Gasteiger partial charge >= 0.3 is 0 Å². The topological polar surface area (TPSA) is 53.6 Å². The number of aromatic amines is 1. The van der Waals surface area contributed by atoms with Crippen LogP contribution in [0.4, 0.5) is 5.82 Å². The summed E-state index contributed by atoms with van der Waals surface area (Å²) < 4.78 is 0. The van der Waals surface area contributed by atoms with E-state index in [9.17, 15) is 0 Å². The van der Waals surface area contributed by atoms with E-state index in [2.05, 4.69) is 20.3 Å².